The van der Waals surface area contributed by atoms with E-state index in [2.05, 4.69) is 35.8 Å². The summed E-state index contributed by atoms with van der Waals surface area (Å²) < 4.78 is 44.5. The van der Waals surface area contributed by atoms with Gasteiger partial charge >= 0.3 is 18.0 Å². The van der Waals surface area contributed by atoms with Gasteiger partial charge in [-0.15, -0.1) is 16.4 Å². The lowest BCUT2D eigenvalue weighted by Crippen LogP contribution is -2.28. The van der Waals surface area contributed by atoms with Gasteiger partial charge in [-0.05, 0) is 19.1 Å². The number of nitrogen functional groups attached to an aromatic ring is 1. The number of pyridine rings is 2. The molecule has 0 fully saturated rings. The second kappa shape index (κ2) is 8.93. The molecule has 2 amide bonds. The van der Waals surface area contributed by atoms with E-state index in [1.54, 1.807) is 6.92 Å². The molecule has 0 aromatic carbocycles. The minimum absolute atomic E-state index is 0.0137. The van der Waals surface area contributed by atoms with Gasteiger partial charge in [0.05, 0.1) is 5.56 Å². The van der Waals surface area contributed by atoms with Crippen molar-refractivity contribution in [3.8, 4) is 33.2 Å². The maximum Gasteiger partial charge on any atom is 0.434 e. The van der Waals surface area contributed by atoms with E-state index < -0.39 is 23.7 Å². The molecule has 34 heavy (non-hydrogen) atoms. The lowest BCUT2D eigenvalue weighted by Gasteiger charge is -2.13. The number of halogens is 3. The highest BCUT2D eigenvalue weighted by atomic mass is 32.1. The zero-order valence-electron chi connectivity index (χ0n) is 17.2. The molecule has 4 aromatic rings. The Bertz CT molecular complexity index is 1410. The Kier molecular flexibility index (Phi) is 6.02. The number of hydrogen-bond donors (Lipinski definition) is 4. The summed E-state index contributed by atoms with van der Waals surface area (Å²) in [5.41, 5.74) is 6.05. The number of urea groups is 1. The summed E-state index contributed by atoms with van der Waals surface area (Å²) >= 11 is 0.760. The van der Waals surface area contributed by atoms with Crippen LogP contribution in [-0.2, 0) is 6.18 Å². The van der Waals surface area contributed by atoms with Crippen molar-refractivity contribution in [2.24, 2.45) is 0 Å². The molecule has 0 aliphatic rings. The molecule has 4 heterocycles. The van der Waals surface area contributed by atoms with Crippen LogP contribution in [0.1, 0.15) is 12.6 Å². The monoisotopic (exact) mass is 492 g/mol. The Morgan fingerprint density at radius 2 is 2.00 bits per heavy atom. The highest BCUT2D eigenvalue weighted by molar-refractivity contribution is 7.13. The standard InChI is InChI=1S/C19H15F3N8O3S/c1-2-24-17(31)28-13-4-10(16-27-12(7-34-16)19(20,21)22)11(6-25-13)9-3-8(5-26-14(9)23)15-29-30-18(32)33-15/h3-7H,2H2,1H3,(H2,23,26)(H,30,32)(H2,24,25,28,31). The fraction of sp³-hybridized carbons (Fsp3) is 0.158. The third-order valence-corrected chi connectivity index (χ3v) is 5.28. The first-order chi connectivity index (χ1) is 16.2. The van der Waals surface area contributed by atoms with Gasteiger partial charge in [0.25, 0.3) is 5.89 Å². The van der Waals surface area contributed by atoms with Crippen LogP contribution < -0.4 is 22.1 Å². The summed E-state index contributed by atoms with van der Waals surface area (Å²) in [6.07, 6.45) is -1.99. The molecule has 5 N–H and O–H groups in total. The Morgan fingerprint density at radius 3 is 2.65 bits per heavy atom. The SMILES string of the molecule is CCNC(=O)Nc1cc(-c2nc(C(F)(F)F)cs2)c(-c2cc(-c3n[nH]c(=O)o3)cnc2N)cn1. The van der Waals surface area contributed by atoms with Gasteiger partial charge in [0.1, 0.15) is 16.6 Å². The first-order valence-corrected chi connectivity index (χ1v) is 10.4. The van der Waals surface area contributed by atoms with Gasteiger partial charge < -0.3 is 15.5 Å². The highest BCUT2D eigenvalue weighted by Crippen LogP contribution is 2.40. The van der Waals surface area contributed by atoms with E-state index in [1.807, 2.05) is 0 Å². The number of amides is 2. The maximum absolute atomic E-state index is 13.2. The topological polar surface area (TPSA) is 165 Å². The summed E-state index contributed by atoms with van der Waals surface area (Å²) in [6, 6.07) is 2.34. The van der Waals surface area contributed by atoms with Crippen LogP contribution in [0.2, 0.25) is 0 Å². The van der Waals surface area contributed by atoms with E-state index >= 15 is 0 Å². The quantitative estimate of drug-likeness (QED) is 0.329. The number of thiazole rings is 1. The number of H-pyrrole nitrogens is 1. The molecule has 0 saturated heterocycles. The average Bonchev–Trinajstić information content (AvgIpc) is 3.44. The van der Waals surface area contributed by atoms with Crippen molar-refractivity contribution >= 4 is 29.0 Å². The molecule has 0 saturated carbocycles. The molecular weight excluding hydrogens is 477 g/mol. The van der Waals surface area contributed by atoms with Gasteiger partial charge in [-0.1, -0.05) is 0 Å². The summed E-state index contributed by atoms with van der Waals surface area (Å²) in [4.78, 5) is 35.2. The normalized spacial score (nSPS) is 11.4. The van der Waals surface area contributed by atoms with E-state index in [-0.39, 0.29) is 44.8 Å². The minimum atomic E-state index is -4.64. The fourth-order valence-corrected chi connectivity index (χ4v) is 3.78. The molecule has 0 spiro atoms. The van der Waals surface area contributed by atoms with Crippen LogP contribution in [0.4, 0.5) is 29.6 Å². The van der Waals surface area contributed by atoms with E-state index in [4.69, 9.17) is 10.2 Å². The smallest absolute Gasteiger partial charge is 0.388 e. The van der Waals surface area contributed by atoms with Crippen molar-refractivity contribution in [1.82, 2.24) is 30.5 Å². The number of hydrogen-bond acceptors (Lipinski definition) is 9. The van der Waals surface area contributed by atoms with Gasteiger partial charge in [-0.3, -0.25) is 5.32 Å². The molecule has 15 heteroatoms. The Morgan fingerprint density at radius 1 is 1.21 bits per heavy atom. The average molecular weight is 492 g/mol. The Balaban J connectivity index is 1.86. The molecule has 0 radical (unpaired) electrons. The van der Waals surface area contributed by atoms with E-state index in [0.29, 0.717) is 6.54 Å². The fourth-order valence-electron chi connectivity index (χ4n) is 2.93. The Labute approximate surface area is 192 Å². The molecule has 0 aliphatic carbocycles. The van der Waals surface area contributed by atoms with Crippen LogP contribution in [0.3, 0.4) is 0 Å². The van der Waals surface area contributed by atoms with E-state index in [1.165, 1.54) is 24.5 Å². The predicted molar refractivity (Wildman–Crippen MR) is 117 cm³/mol. The van der Waals surface area contributed by atoms with Gasteiger partial charge in [0.2, 0.25) is 0 Å². The van der Waals surface area contributed by atoms with Gasteiger partial charge in [0.15, 0.2) is 5.69 Å². The number of carbonyl (C=O) groups excluding carboxylic acids is 1. The number of anilines is 2. The second-order valence-corrected chi connectivity index (χ2v) is 7.57. The first kappa shape index (κ1) is 22.9. The summed E-state index contributed by atoms with van der Waals surface area (Å²) in [5, 5.41) is 11.8. The molecule has 0 atom stereocenters. The number of nitrogens with two attached hydrogens (primary N) is 1. The van der Waals surface area contributed by atoms with Crippen LogP contribution in [0, 0.1) is 0 Å². The number of nitrogens with zero attached hydrogens (tertiary/aromatic N) is 4. The van der Waals surface area contributed by atoms with Crippen molar-refractivity contribution in [2.45, 2.75) is 13.1 Å². The Hall–Kier alpha value is -4.27. The second-order valence-electron chi connectivity index (χ2n) is 6.71. The van der Waals surface area contributed by atoms with Crippen LogP contribution in [0.15, 0.2) is 39.1 Å². The maximum atomic E-state index is 13.2. The van der Waals surface area contributed by atoms with Crippen molar-refractivity contribution in [1.29, 1.82) is 0 Å². The van der Waals surface area contributed by atoms with E-state index in [0.717, 1.165) is 16.7 Å². The number of aromatic nitrogens is 5. The number of alkyl halides is 3. The number of rotatable bonds is 5. The summed E-state index contributed by atoms with van der Waals surface area (Å²) in [6.45, 7) is 2.08. The first-order valence-electron chi connectivity index (χ1n) is 9.55. The van der Waals surface area contributed by atoms with Crippen LogP contribution >= 0.6 is 11.3 Å². The molecule has 4 aromatic heterocycles. The molecule has 4 rings (SSSR count). The number of nitrogens with one attached hydrogen (secondary N) is 3. The van der Waals surface area contributed by atoms with Gasteiger partial charge in [-0.25, -0.2) is 29.6 Å². The third-order valence-electron chi connectivity index (χ3n) is 4.40. The zero-order chi connectivity index (χ0) is 24.5. The van der Waals surface area contributed by atoms with Crippen LogP contribution in [0.25, 0.3) is 33.2 Å². The summed E-state index contributed by atoms with van der Waals surface area (Å²) in [7, 11) is 0. The predicted octanol–water partition coefficient (Wildman–Crippen LogP) is 3.35. The molecule has 0 unspecified atom stereocenters. The van der Waals surface area contributed by atoms with Gasteiger partial charge in [0, 0.05) is 41.0 Å². The zero-order valence-corrected chi connectivity index (χ0v) is 18.0. The third kappa shape index (κ3) is 4.73. The minimum Gasteiger partial charge on any atom is -0.388 e. The van der Waals surface area contributed by atoms with Gasteiger partial charge in [-0.2, -0.15) is 13.2 Å². The van der Waals surface area contributed by atoms with Crippen molar-refractivity contribution in [2.75, 3.05) is 17.6 Å². The molecule has 11 nitrogen and oxygen atoms in total. The molecule has 0 aliphatic heterocycles. The largest absolute Gasteiger partial charge is 0.434 e. The van der Waals surface area contributed by atoms with Crippen molar-refractivity contribution in [3.05, 3.63) is 46.2 Å². The molecule has 176 valence electrons. The van der Waals surface area contributed by atoms with Crippen LogP contribution in [0.5, 0.6) is 0 Å². The van der Waals surface area contributed by atoms with E-state index in [9.17, 15) is 22.8 Å². The number of carbonyl (C=O) groups is 1. The summed E-state index contributed by atoms with van der Waals surface area (Å²) in [5.74, 6) is -0.730. The lowest BCUT2D eigenvalue weighted by atomic mass is 10.0. The van der Waals surface area contributed by atoms with Crippen molar-refractivity contribution < 1.29 is 22.4 Å². The highest BCUT2D eigenvalue weighted by Gasteiger charge is 2.34. The molecular formula is C19H15F3N8O3S. The molecule has 0 bridgehead atoms. The number of aromatic amines is 1. The lowest BCUT2D eigenvalue weighted by molar-refractivity contribution is -0.140. The van der Waals surface area contributed by atoms with Crippen LogP contribution in [-0.4, -0.2) is 37.7 Å². The van der Waals surface area contributed by atoms with Crippen molar-refractivity contribution in [3.63, 3.8) is 0 Å².